The number of fused-ring (bicyclic) bond motifs is 3. The van der Waals surface area contributed by atoms with Gasteiger partial charge in [0.2, 0.25) is 0 Å². The van der Waals surface area contributed by atoms with E-state index in [1.165, 1.54) is 18.2 Å². The number of phenols is 1. The fourth-order valence-corrected chi connectivity index (χ4v) is 5.77. The lowest BCUT2D eigenvalue weighted by atomic mass is 9.86. The predicted octanol–water partition coefficient (Wildman–Crippen LogP) is 3.60. The average molecular weight is 522 g/mol. The van der Waals surface area contributed by atoms with E-state index in [0.717, 1.165) is 42.0 Å². The van der Waals surface area contributed by atoms with E-state index in [4.69, 9.17) is 9.97 Å². The fraction of sp³-hybridized carbons (Fsp3) is 0.250. The zero-order valence-electron chi connectivity index (χ0n) is 21.1. The third kappa shape index (κ3) is 3.97. The predicted molar refractivity (Wildman–Crippen MR) is 142 cm³/mol. The second-order valence-corrected chi connectivity index (χ2v) is 10.2. The van der Waals surface area contributed by atoms with Gasteiger partial charge in [-0.15, -0.1) is 0 Å². The van der Waals surface area contributed by atoms with Crippen LogP contribution in [0.4, 0.5) is 10.2 Å². The Morgan fingerprint density at radius 1 is 1.10 bits per heavy atom. The van der Waals surface area contributed by atoms with Gasteiger partial charge in [-0.3, -0.25) is 14.6 Å². The quantitative estimate of drug-likeness (QED) is 0.360. The Labute approximate surface area is 223 Å². The molecule has 0 saturated carbocycles. The number of rotatable bonds is 5. The van der Waals surface area contributed by atoms with Crippen molar-refractivity contribution >= 4 is 16.9 Å². The highest BCUT2D eigenvalue weighted by Crippen LogP contribution is 2.37. The van der Waals surface area contributed by atoms with Gasteiger partial charge in [0.15, 0.2) is 0 Å². The number of aromatic nitrogens is 6. The van der Waals surface area contributed by atoms with Gasteiger partial charge in [-0.05, 0) is 30.7 Å². The van der Waals surface area contributed by atoms with Gasteiger partial charge in [0, 0.05) is 73.2 Å². The lowest BCUT2D eigenvalue weighted by Crippen LogP contribution is -2.68. The maximum atomic E-state index is 13.7. The van der Waals surface area contributed by atoms with Gasteiger partial charge in [0.05, 0.1) is 35.5 Å². The van der Waals surface area contributed by atoms with Gasteiger partial charge < -0.3 is 15.0 Å². The molecule has 7 heterocycles. The van der Waals surface area contributed by atoms with Gasteiger partial charge in [-0.25, -0.2) is 14.4 Å². The summed E-state index contributed by atoms with van der Waals surface area (Å²) < 4.78 is 15.4. The molecule has 5 aromatic rings. The van der Waals surface area contributed by atoms with Crippen LogP contribution in [0.2, 0.25) is 0 Å². The van der Waals surface area contributed by atoms with Gasteiger partial charge in [-0.2, -0.15) is 10.4 Å². The standard InChI is InChI=1S/C28H24FN9O/c1-36-12-18(9-34-36)23-6-22-27(17(7-30)8-33-28(22)35-23)24-10-32-26(11-31-24)37-14-20-5-21(15-37)38(20)13-16-4-19(29)2-3-25(16)39/h2-4,6,8-12,20-21,39H,5,13-15H2,1H3,(H,33,35). The number of nitrogens with one attached hydrogen (secondary N) is 1. The second kappa shape index (κ2) is 8.89. The number of piperidine rings is 1. The number of hydrogen-bond acceptors (Lipinski definition) is 8. The normalized spacial score (nSPS) is 18.7. The highest BCUT2D eigenvalue weighted by Gasteiger charge is 2.45. The van der Waals surface area contributed by atoms with Crippen molar-refractivity contribution in [2.24, 2.45) is 7.05 Å². The first-order chi connectivity index (χ1) is 19.0. The number of nitriles is 1. The van der Waals surface area contributed by atoms with Crippen LogP contribution in [0.25, 0.3) is 33.5 Å². The molecule has 3 saturated heterocycles. The monoisotopic (exact) mass is 521 g/mol. The molecular formula is C28H24FN9O. The Bertz CT molecular complexity index is 1740. The van der Waals surface area contributed by atoms with E-state index < -0.39 is 0 Å². The number of nitrogens with zero attached hydrogens (tertiary/aromatic N) is 8. The summed E-state index contributed by atoms with van der Waals surface area (Å²) in [4.78, 5) is 21.7. The van der Waals surface area contributed by atoms with Gasteiger partial charge >= 0.3 is 0 Å². The summed E-state index contributed by atoms with van der Waals surface area (Å²) in [5.74, 6) is 0.552. The maximum Gasteiger partial charge on any atom is 0.147 e. The van der Waals surface area contributed by atoms with Crippen molar-refractivity contribution in [1.29, 1.82) is 5.26 Å². The van der Waals surface area contributed by atoms with Crippen LogP contribution in [-0.4, -0.2) is 64.9 Å². The number of H-pyrrole nitrogens is 1. The molecule has 0 amide bonds. The van der Waals surface area contributed by atoms with E-state index >= 15 is 0 Å². The van der Waals surface area contributed by atoms with Crippen LogP contribution in [-0.2, 0) is 13.6 Å². The van der Waals surface area contributed by atoms with Crippen LogP contribution in [0.5, 0.6) is 5.75 Å². The zero-order valence-corrected chi connectivity index (χ0v) is 21.1. The molecular weight excluding hydrogens is 497 g/mol. The summed E-state index contributed by atoms with van der Waals surface area (Å²) in [5.41, 5.74) is 4.77. The minimum atomic E-state index is -0.343. The summed E-state index contributed by atoms with van der Waals surface area (Å²) in [6.07, 6.45) is 9.77. The van der Waals surface area contributed by atoms with Crippen molar-refractivity contribution < 1.29 is 9.50 Å². The summed E-state index contributed by atoms with van der Waals surface area (Å²) in [5, 5.41) is 25.0. The molecule has 1 aromatic carbocycles. The minimum absolute atomic E-state index is 0.122. The number of phenolic OH excluding ortho intramolecular Hbond substituents is 1. The second-order valence-electron chi connectivity index (χ2n) is 10.2. The Balaban J connectivity index is 1.13. The Hall–Kier alpha value is -4.82. The Kier molecular flexibility index (Phi) is 5.31. The lowest BCUT2D eigenvalue weighted by molar-refractivity contribution is -0.00923. The molecule has 8 rings (SSSR count). The van der Waals surface area contributed by atoms with E-state index in [9.17, 15) is 14.8 Å². The third-order valence-electron chi connectivity index (χ3n) is 7.75. The lowest BCUT2D eigenvalue weighted by Gasteiger charge is -2.56. The van der Waals surface area contributed by atoms with Crippen molar-refractivity contribution in [3.05, 3.63) is 72.2 Å². The number of aryl methyl sites for hydroxylation is 1. The molecule has 3 aliphatic heterocycles. The average Bonchev–Trinajstić information content (AvgIpc) is 3.59. The Morgan fingerprint density at radius 3 is 2.67 bits per heavy atom. The van der Waals surface area contributed by atoms with Crippen LogP contribution in [0.3, 0.4) is 0 Å². The van der Waals surface area contributed by atoms with Crippen molar-refractivity contribution in [2.45, 2.75) is 25.0 Å². The molecule has 39 heavy (non-hydrogen) atoms. The minimum Gasteiger partial charge on any atom is -0.508 e. The van der Waals surface area contributed by atoms with Crippen molar-refractivity contribution in [3.63, 3.8) is 0 Å². The van der Waals surface area contributed by atoms with E-state index in [1.807, 2.05) is 19.3 Å². The van der Waals surface area contributed by atoms with Crippen LogP contribution >= 0.6 is 0 Å². The summed E-state index contributed by atoms with van der Waals surface area (Å²) in [6, 6.07) is 8.88. The van der Waals surface area contributed by atoms with Crippen LogP contribution in [0, 0.1) is 17.1 Å². The zero-order chi connectivity index (χ0) is 26.7. The van der Waals surface area contributed by atoms with Crippen LogP contribution in [0.15, 0.2) is 55.2 Å². The number of aromatic amines is 1. The van der Waals surface area contributed by atoms with Gasteiger partial charge in [-0.1, -0.05) is 0 Å². The van der Waals surface area contributed by atoms with Crippen molar-refractivity contribution in [2.75, 3.05) is 18.0 Å². The number of anilines is 1. The molecule has 2 N–H and O–H groups in total. The number of halogens is 1. The van der Waals surface area contributed by atoms with Crippen molar-refractivity contribution in [3.8, 4) is 34.3 Å². The van der Waals surface area contributed by atoms with E-state index in [2.05, 4.69) is 30.9 Å². The number of hydrogen-bond donors (Lipinski definition) is 2. The Morgan fingerprint density at radius 2 is 1.95 bits per heavy atom. The molecule has 0 aliphatic carbocycles. The van der Waals surface area contributed by atoms with Crippen LogP contribution < -0.4 is 4.90 Å². The smallest absolute Gasteiger partial charge is 0.147 e. The largest absolute Gasteiger partial charge is 0.508 e. The molecule has 2 atom stereocenters. The van der Waals surface area contributed by atoms with Gasteiger partial charge in [0.1, 0.15) is 29.1 Å². The molecule has 0 spiro atoms. The molecule has 194 valence electrons. The molecule has 2 bridgehead atoms. The topological polar surface area (TPSA) is 123 Å². The number of piperazine rings is 1. The summed E-state index contributed by atoms with van der Waals surface area (Å²) in [6.45, 7) is 2.07. The maximum absolute atomic E-state index is 13.7. The third-order valence-corrected chi connectivity index (χ3v) is 7.75. The first-order valence-corrected chi connectivity index (χ1v) is 12.7. The molecule has 4 aromatic heterocycles. The SMILES string of the molecule is Cn1cc(-c2cc3c(-c4cnc(N5CC6CC(C5)N6Cc5cc(F)ccc5O)cn4)c(C#N)cnc3[nH]2)cn1. The number of aromatic hydroxyl groups is 1. The molecule has 11 heteroatoms. The van der Waals surface area contributed by atoms with E-state index in [0.29, 0.717) is 46.7 Å². The van der Waals surface area contributed by atoms with E-state index in [-0.39, 0.29) is 11.6 Å². The molecule has 3 fully saturated rings. The molecule has 2 unspecified atom stereocenters. The number of pyridine rings is 1. The van der Waals surface area contributed by atoms with Crippen molar-refractivity contribution in [1.82, 2.24) is 34.6 Å². The highest BCUT2D eigenvalue weighted by atomic mass is 19.1. The summed E-state index contributed by atoms with van der Waals surface area (Å²) in [7, 11) is 1.86. The van der Waals surface area contributed by atoms with Crippen LogP contribution in [0.1, 0.15) is 17.5 Å². The molecule has 10 nitrogen and oxygen atoms in total. The van der Waals surface area contributed by atoms with Gasteiger partial charge in [0.25, 0.3) is 0 Å². The fourth-order valence-electron chi connectivity index (χ4n) is 5.77. The molecule has 0 radical (unpaired) electrons. The van der Waals surface area contributed by atoms with E-state index in [1.54, 1.807) is 29.5 Å². The molecule has 3 aliphatic rings. The number of benzene rings is 1. The summed E-state index contributed by atoms with van der Waals surface area (Å²) >= 11 is 0. The first kappa shape index (κ1) is 23.3. The first-order valence-electron chi connectivity index (χ1n) is 12.7. The highest BCUT2D eigenvalue weighted by molar-refractivity contribution is 5.97.